The van der Waals surface area contributed by atoms with Crippen LogP contribution in [0.2, 0.25) is 0 Å². The second-order valence-electron chi connectivity index (χ2n) is 4.86. The summed E-state index contributed by atoms with van der Waals surface area (Å²) in [5, 5.41) is 0. The smallest absolute Gasteiger partial charge is 0.306 e. The Bertz CT molecular complexity index is 214. The lowest BCUT2D eigenvalue weighted by molar-refractivity contribution is -0.148. The number of esters is 1. The van der Waals surface area contributed by atoms with Crippen LogP contribution in [-0.4, -0.2) is 19.1 Å². The predicted octanol–water partition coefficient (Wildman–Crippen LogP) is 1.46. The first kappa shape index (κ1) is 9.97. The van der Waals surface area contributed by atoms with E-state index in [2.05, 4.69) is 0 Å². The normalized spacial score (nSPS) is 24.1. The molecule has 2 aliphatic carbocycles. The monoisotopic (exact) mass is 197 g/mol. The van der Waals surface area contributed by atoms with Crippen molar-refractivity contribution in [2.24, 2.45) is 17.1 Å². The summed E-state index contributed by atoms with van der Waals surface area (Å²) in [5.41, 5.74) is 5.78. The molecule has 0 radical (unpaired) electrons. The summed E-state index contributed by atoms with van der Waals surface area (Å²) in [7, 11) is 0. The topological polar surface area (TPSA) is 52.3 Å². The van der Waals surface area contributed by atoms with E-state index in [9.17, 15) is 4.79 Å². The summed E-state index contributed by atoms with van der Waals surface area (Å²) in [5.74, 6) is 0.621. The molecule has 0 aliphatic heterocycles. The Morgan fingerprint density at radius 1 is 1.43 bits per heavy atom. The molecule has 3 heteroatoms. The molecule has 2 fully saturated rings. The Kier molecular flexibility index (Phi) is 2.77. The maximum absolute atomic E-state index is 11.5. The van der Waals surface area contributed by atoms with Gasteiger partial charge < -0.3 is 10.5 Å². The third kappa shape index (κ3) is 2.27. The van der Waals surface area contributed by atoms with E-state index in [0.717, 1.165) is 12.8 Å². The van der Waals surface area contributed by atoms with Crippen molar-refractivity contribution in [3.63, 3.8) is 0 Å². The molecule has 2 aliphatic rings. The Hall–Kier alpha value is -0.570. The molecule has 3 nitrogen and oxygen atoms in total. The molecule has 2 N–H and O–H groups in total. The van der Waals surface area contributed by atoms with Crippen LogP contribution in [0, 0.1) is 11.3 Å². The van der Waals surface area contributed by atoms with Gasteiger partial charge in [-0.3, -0.25) is 4.79 Å². The molecule has 0 aromatic rings. The molecule has 0 atom stereocenters. The molecule has 2 rings (SSSR count). The molecule has 0 saturated heterocycles. The number of hydrogen-bond acceptors (Lipinski definition) is 3. The number of carbonyl (C=O) groups is 1. The number of hydrogen-bond donors (Lipinski definition) is 1. The molecule has 0 spiro atoms. The summed E-state index contributed by atoms with van der Waals surface area (Å²) in [4.78, 5) is 11.5. The molecule has 0 aromatic heterocycles. The largest absolute Gasteiger partial charge is 0.465 e. The van der Waals surface area contributed by atoms with Crippen molar-refractivity contribution >= 4 is 5.97 Å². The van der Waals surface area contributed by atoms with Crippen LogP contribution in [0.15, 0.2) is 0 Å². The average Bonchev–Trinajstić information content (AvgIpc) is 2.91. The fourth-order valence-corrected chi connectivity index (χ4v) is 1.98. The maximum atomic E-state index is 11.5. The van der Waals surface area contributed by atoms with Crippen molar-refractivity contribution in [2.45, 2.75) is 38.5 Å². The fourth-order valence-electron chi connectivity index (χ4n) is 1.98. The van der Waals surface area contributed by atoms with Gasteiger partial charge in [-0.15, -0.1) is 0 Å². The quantitative estimate of drug-likeness (QED) is 0.679. The zero-order valence-electron chi connectivity index (χ0n) is 8.63. The first-order valence-electron chi connectivity index (χ1n) is 5.60. The maximum Gasteiger partial charge on any atom is 0.306 e. The van der Waals surface area contributed by atoms with Crippen LogP contribution in [0.3, 0.4) is 0 Å². The van der Waals surface area contributed by atoms with Crippen molar-refractivity contribution in [1.82, 2.24) is 0 Å². The highest BCUT2D eigenvalue weighted by Gasteiger charge is 2.38. The van der Waals surface area contributed by atoms with Gasteiger partial charge in [-0.2, -0.15) is 0 Å². The van der Waals surface area contributed by atoms with Gasteiger partial charge in [0, 0.05) is 0 Å². The summed E-state index contributed by atoms with van der Waals surface area (Å²) in [6, 6.07) is 0. The Labute approximate surface area is 85.0 Å². The molecule has 2 saturated carbocycles. The number of nitrogens with two attached hydrogens (primary N) is 1. The van der Waals surface area contributed by atoms with Gasteiger partial charge in [0.25, 0.3) is 0 Å². The van der Waals surface area contributed by atoms with Crippen LogP contribution in [-0.2, 0) is 9.53 Å². The lowest BCUT2D eigenvalue weighted by Gasteiger charge is -2.40. The van der Waals surface area contributed by atoms with Gasteiger partial charge in [0.05, 0.1) is 13.0 Å². The zero-order valence-corrected chi connectivity index (χ0v) is 8.63. The molecule has 0 unspecified atom stereocenters. The van der Waals surface area contributed by atoms with E-state index in [1.54, 1.807) is 0 Å². The third-order valence-corrected chi connectivity index (χ3v) is 3.54. The van der Waals surface area contributed by atoms with Crippen molar-refractivity contribution < 1.29 is 9.53 Å². The Morgan fingerprint density at radius 3 is 2.57 bits per heavy atom. The minimum atomic E-state index is -0.0398. The molecule has 0 aromatic carbocycles. The Balaban J connectivity index is 1.69. The van der Waals surface area contributed by atoms with Gasteiger partial charge in [-0.25, -0.2) is 0 Å². The van der Waals surface area contributed by atoms with Crippen molar-refractivity contribution in [2.75, 3.05) is 13.2 Å². The fraction of sp³-hybridized carbons (Fsp3) is 0.909. The van der Waals surface area contributed by atoms with Gasteiger partial charge in [-0.05, 0) is 43.6 Å². The number of ether oxygens (including phenoxy) is 1. The predicted molar refractivity (Wildman–Crippen MR) is 53.6 cm³/mol. The average molecular weight is 197 g/mol. The van der Waals surface area contributed by atoms with Crippen molar-refractivity contribution in [3.05, 3.63) is 0 Å². The van der Waals surface area contributed by atoms with Gasteiger partial charge in [0.15, 0.2) is 0 Å². The van der Waals surface area contributed by atoms with Crippen LogP contribution in [0.1, 0.15) is 38.5 Å². The second-order valence-corrected chi connectivity index (χ2v) is 4.86. The molecular weight excluding hydrogens is 178 g/mol. The van der Waals surface area contributed by atoms with Crippen LogP contribution in [0.5, 0.6) is 0 Å². The van der Waals surface area contributed by atoms with E-state index in [0.29, 0.717) is 25.5 Å². The number of rotatable bonds is 5. The van der Waals surface area contributed by atoms with Crippen molar-refractivity contribution in [1.29, 1.82) is 0 Å². The summed E-state index contributed by atoms with van der Waals surface area (Å²) < 4.78 is 5.20. The zero-order chi connectivity index (χ0) is 10.0. The molecule has 0 bridgehead atoms. The van der Waals surface area contributed by atoms with Crippen LogP contribution in [0.4, 0.5) is 0 Å². The van der Waals surface area contributed by atoms with Gasteiger partial charge in [0.2, 0.25) is 0 Å². The summed E-state index contributed by atoms with van der Waals surface area (Å²) in [6.07, 6.45) is 6.41. The summed E-state index contributed by atoms with van der Waals surface area (Å²) in [6.45, 7) is 1.27. The third-order valence-electron chi connectivity index (χ3n) is 3.54. The highest BCUT2D eigenvalue weighted by molar-refractivity contribution is 5.70. The van der Waals surface area contributed by atoms with E-state index in [-0.39, 0.29) is 11.4 Å². The molecular formula is C11H19NO2. The highest BCUT2D eigenvalue weighted by Crippen LogP contribution is 2.43. The van der Waals surface area contributed by atoms with Crippen LogP contribution in [0.25, 0.3) is 0 Å². The minimum Gasteiger partial charge on any atom is -0.465 e. The second kappa shape index (κ2) is 3.89. The molecule has 14 heavy (non-hydrogen) atoms. The van der Waals surface area contributed by atoms with Gasteiger partial charge >= 0.3 is 5.97 Å². The van der Waals surface area contributed by atoms with E-state index < -0.39 is 0 Å². The van der Waals surface area contributed by atoms with Gasteiger partial charge in [-0.1, -0.05) is 6.42 Å². The molecule has 80 valence electrons. The van der Waals surface area contributed by atoms with E-state index >= 15 is 0 Å². The minimum absolute atomic E-state index is 0.0398. The first-order valence-corrected chi connectivity index (χ1v) is 5.60. The first-order chi connectivity index (χ1) is 6.74. The van der Waals surface area contributed by atoms with Crippen LogP contribution >= 0.6 is 0 Å². The highest BCUT2D eigenvalue weighted by atomic mass is 16.5. The van der Waals surface area contributed by atoms with E-state index in [4.69, 9.17) is 10.5 Å². The molecule has 0 heterocycles. The summed E-state index contributed by atoms with van der Waals surface area (Å²) >= 11 is 0. The Morgan fingerprint density at radius 2 is 2.14 bits per heavy atom. The lowest BCUT2D eigenvalue weighted by Crippen LogP contribution is -2.39. The number of carbonyl (C=O) groups excluding carboxylic acids is 1. The van der Waals surface area contributed by atoms with E-state index in [1.807, 2.05) is 0 Å². The lowest BCUT2D eigenvalue weighted by atomic mass is 9.67. The van der Waals surface area contributed by atoms with Gasteiger partial charge in [0.1, 0.15) is 0 Å². The van der Waals surface area contributed by atoms with Crippen LogP contribution < -0.4 is 5.73 Å². The van der Waals surface area contributed by atoms with E-state index in [1.165, 1.54) is 19.3 Å². The molecule has 0 amide bonds. The standard InChI is InChI=1S/C11H19NO2/c12-8-11(4-1-5-11)6-10(13)14-7-9-2-3-9/h9H,1-8,12H2. The van der Waals surface area contributed by atoms with Crippen molar-refractivity contribution in [3.8, 4) is 0 Å². The SMILES string of the molecule is NCC1(CC(=O)OCC2CC2)CCC1.